The van der Waals surface area contributed by atoms with Crippen molar-refractivity contribution in [1.82, 2.24) is 24.5 Å². The number of hydrogen-bond donors (Lipinski definition) is 2. The van der Waals surface area contributed by atoms with Crippen LogP contribution in [0.2, 0.25) is 5.15 Å². The lowest BCUT2D eigenvalue weighted by Gasteiger charge is -2.16. The fourth-order valence-corrected chi connectivity index (χ4v) is 3.99. The molecule has 0 unspecified atom stereocenters. The third-order valence-corrected chi connectivity index (χ3v) is 5.70. The average Bonchev–Trinajstić information content (AvgIpc) is 3.25. The molecule has 0 aliphatic rings. The number of nitrogens with zero attached hydrogens (tertiary/aromatic N) is 4. The van der Waals surface area contributed by atoms with Crippen molar-refractivity contribution in [2.75, 3.05) is 6.54 Å². The van der Waals surface area contributed by atoms with E-state index in [9.17, 15) is 9.90 Å². The van der Waals surface area contributed by atoms with Gasteiger partial charge < -0.3 is 10.4 Å². The van der Waals surface area contributed by atoms with Gasteiger partial charge in [-0.2, -0.15) is 5.10 Å². The van der Waals surface area contributed by atoms with E-state index in [1.165, 1.54) is 0 Å². The van der Waals surface area contributed by atoms with E-state index >= 15 is 0 Å². The van der Waals surface area contributed by atoms with Crippen LogP contribution < -0.4 is 5.32 Å². The molecule has 3 aromatic heterocycles. The maximum Gasteiger partial charge on any atom is 0.251 e. The van der Waals surface area contributed by atoms with Gasteiger partial charge in [-0.15, -0.1) is 0 Å². The van der Waals surface area contributed by atoms with Gasteiger partial charge in [0.2, 0.25) is 0 Å². The van der Waals surface area contributed by atoms with Gasteiger partial charge in [0.1, 0.15) is 16.5 Å². The van der Waals surface area contributed by atoms with Crippen LogP contribution in [-0.2, 0) is 7.05 Å². The van der Waals surface area contributed by atoms with Crippen molar-refractivity contribution >= 4 is 23.2 Å². The first-order valence-corrected chi connectivity index (χ1v) is 10.8. The lowest BCUT2D eigenvalue weighted by atomic mass is 9.99. The standard InChI is InChI=1S/C24H26ClN5O2/c1-15-19(14-29(4)28-15)17-7-5-6-8-18(17)21-22(25)30-12-9-16(13-20(30)27-21)23(31)26-11-10-24(2,3)32/h5-9,12-14,32H,10-11H2,1-4H3,(H,26,31). The van der Waals surface area contributed by atoms with E-state index in [0.717, 1.165) is 22.4 Å². The van der Waals surface area contributed by atoms with E-state index in [-0.39, 0.29) is 5.91 Å². The van der Waals surface area contributed by atoms with Crippen molar-refractivity contribution in [2.45, 2.75) is 32.8 Å². The van der Waals surface area contributed by atoms with Crippen molar-refractivity contribution in [3.8, 4) is 22.4 Å². The summed E-state index contributed by atoms with van der Waals surface area (Å²) in [6, 6.07) is 11.4. The second-order valence-corrected chi connectivity index (χ2v) is 8.92. The molecule has 0 aliphatic heterocycles. The summed E-state index contributed by atoms with van der Waals surface area (Å²) >= 11 is 6.71. The summed E-state index contributed by atoms with van der Waals surface area (Å²) in [6.45, 7) is 5.78. The zero-order chi connectivity index (χ0) is 23.0. The molecule has 0 spiro atoms. The van der Waals surface area contributed by atoms with Crippen LogP contribution in [0.4, 0.5) is 0 Å². The first kappa shape index (κ1) is 22.0. The molecule has 0 saturated heterocycles. The molecular weight excluding hydrogens is 426 g/mol. The third kappa shape index (κ3) is 4.40. The Morgan fingerprint density at radius 3 is 2.56 bits per heavy atom. The van der Waals surface area contributed by atoms with Gasteiger partial charge in [-0.3, -0.25) is 13.9 Å². The molecule has 2 N–H and O–H groups in total. The minimum Gasteiger partial charge on any atom is -0.390 e. The quantitative estimate of drug-likeness (QED) is 0.459. The van der Waals surface area contributed by atoms with Crippen molar-refractivity contribution in [2.24, 2.45) is 7.05 Å². The highest BCUT2D eigenvalue weighted by Gasteiger charge is 2.19. The number of aromatic nitrogens is 4. The molecule has 1 aromatic carbocycles. The summed E-state index contributed by atoms with van der Waals surface area (Å²) in [5, 5.41) is 17.6. The summed E-state index contributed by atoms with van der Waals surface area (Å²) < 4.78 is 3.55. The maximum absolute atomic E-state index is 12.5. The lowest BCUT2D eigenvalue weighted by molar-refractivity contribution is 0.0693. The molecule has 8 heteroatoms. The van der Waals surface area contributed by atoms with Crippen molar-refractivity contribution < 1.29 is 9.90 Å². The summed E-state index contributed by atoms with van der Waals surface area (Å²) in [5.74, 6) is -0.219. The monoisotopic (exact) mass is 451 g/mol. The highest BCUT2D eigenvalue weighted by Crippen LogP contribution is 2.36. The number of pyridine rings is 1. The number of aryl methyl sites for hydroxylation is 2. The SMILES string of the molecule is Cc1nn(C)cc1-c1ccccc1-c1nc2cc(C(=O)NCCC(C)(C)O)ccn2c1Cl. The highest BCUT2D eigenvalue weighted by atomic mass is 35.5. The Hall–Kier alpha value is -3.16. The first-order valence-electron chi connectivity index (χ1n) is 10.4. The molecule has 0 bridgehead atoms. The number of carbonyl (C=O) groups excluding carboxylic acids is 1. The Morgan fingerprint density at radius 1 is 1.19 bits per heavy atom. The second kappa shape index (κ2) is 8.41. The molecule has 0 radical (unpaired) electrons. The predicted molar refractivity (Wildman–Crippen MR) is 126 cm³/mol. The summed E-state index contributed by atoms with van der Waals surface area (Å²) in [7, 11) is 1.89. The van der Waals surface area contributed by atoms with Gasteiger partial charge in [0.05, 0.1) is 11.3 Å². The molecule has 0 atom stereocenters. The van der Waals surface area contributed by atoms with E-state index in [1.807, 2.05) is 44.4 Å². The number of nitrogens with one attached hydrogen (secondary N) is 1. The number of amides is 1. The lowest BCUT2D eigenvalue weighted by Crippen LogP contribution is -2.30. The largest absolute Gasteiger partial charge is 0.390 e. The first-order chi connectivity index (χ1) is 15.1. The van der Waals surface area contributed by atoms with Gasteiger partial charge >= 0.3 is 0 Å². The molecule has 166 valence electrons. The highest BCUT2D eigenvalue weighted by molar-refractivity contribution is 6.32. The van der Waals surface area contributed by atoms with Crippen LogP contribution >= 0.6 is 11.6 Å². The molecule has 0 aliphatic carbocycles. The Labute approximate surface area is 191 Å². The second-order valence-electron chi connectivity index (χ2n) is 8.56. The minimum atomic E-state index is -0.831. The summed E-state index contributed by atoms with van der Waals surface area (Å²) in [4.78, 5) is 17.3. The van der Waals surface area contributed by atoms with Gasteiger partial charge in [0, 0.05) is 42.7 Å². The number of imidazole rings is 1. The molecule has 7 nitrogen and oxygen atoms in total. The Morgan fingerprint density at radius 2 is 1.91 bits per heavy atom. The van der Waals surface area contributed by atoms with Crippen LogP contribution in [0.5, 0.6) is 0 Å². The zero-order valence-corrected chi connectivity index (χ0v) is 19.3. The fraction of sp³-hybridized carbons (Fsp3) is 0.292. The minimum absolute atomic E-state index is 0.219. The summed E-state index contributed by atoms with van der Waals surface area (Å²) in [5.41, 5.74) is 4.71. The number of halogens is 1. The third-order valence-electron chi connectivity index (χ3n) is 5.34. The van der Waals surface area contributed by atoms with Crippen LogP contribution in [0.3, 0.4) is 0 Å². The van der Waals surface area contributed by atoms with Crippen molar-refractivity contribution in [3.63, 3.8) is 0 Å². The Bertz CT molecular complexity index is 1300. The van der Waals surface area contributed by atoms with Crippen molar-refractivity contribution in [3.05, 3.63) is 65.2 Å². The van der Waals surface area contributed by atoms with Crippen molar-refractivity contribution in [1.29, 1.82) is 0 Å². The van der Waals surface area contributed by atoms with Gasteiger partial charge in [-0.25, -0.2) is 4.98 Å². The molecule has 4 rings (SSSR count). The molecule has 4 aromatic rings. The number of carbonyl (C=O) groups is 1. The van der Waals surface area contributed by atoms with Gasteiger partial charge in [-0.1, -0.05) is 35.9 Å². The molecule has 3 heterocycles. The normalized spacial score (nSPS) is 11.8. The predicted octanol–water partition coefficient (Wildman–Crippen LogP) is 4.25. The van der Waals surface area contributed by atoms with Crippen LogP contribution in [-0.4, -0.2) is 42.3 Å². The fourth-order valence-electron chi connectivity index (χ4n) is 3.70. The van der Waals surface area contributed by atoms with Crippen LogP contribution in [0, 0.1) is 6.92 Å². The molecule has 0 fully saturated rings. The topological polar surface area (TPSA) is 84.5 Å². The zero-order valence-electron chi connectivity index (χ0n) is 18.6. The van der Waals surface area contributed by atoms with E-state index in [4.69, 9.17) is 16.6 Å². The molecular formula is C24H26ClN5O2. The number of hydrogen-bond acceptors (Lipinski definition) is 4. The van der Waals surface area contributed by atoms with E-state index in [0.29, 0.717) is 35.0 Å². The van der Waals surface area contributed by atoms with Gasteiger partial charge in [0.25, 0.3) is 5.91 Å². The molecule has 1 amide bonds. The van der Waals surface area contributed by atoms with Crippen LogP contribution in [0.1, 0.15) is 36.3 Å². The van der Waals surface area contributed by atoms with Crippen LogP contribution in [0.15, 0.2) is 48.8 Å². The average molecular weight is 452 g/mol. The molecule has 32 heavy (non-hydrogen) atoms. The van der Waals surface area contributed by atoms with Gasteiger partial charge in [-0.05, 0) is 44.9 Å². The van der Waals surface area contributed by atoms with E-state index in [1.54, 1.807) is 41.3 Å². The number of benzene rings is 1. The Balaban J connectivity index is 1.70. The van der Waals surface area contributed by atoms with E-state index in [2.05, 4.69) is 10.4 Å². The van der Waals surface area contributed by atoms with Gasteiger partial charge in [0.15, 0.2) is 0 Å². The van der Waals surface area contributed by atoms with Crippen LogP contribution in [0.25, 0.3) is 28.0 Å². The van der Waals surface area contributed by atoms with E-state index < -0.39 is 5.60 Å². The Kier molecular flexibility index (Phi) is 5.79. The molecule has 0 saturated carbocycles. The number of fused-ring (bicyclic) bond motifs is 1. The smallest absolute Gasteiger partial charge is 0.251 e. The number of aliphatic hydroxyl groups is 1. The summed E-state index contributed by atoms with van der Waals surface area (Å²) in [6.07, 6.45) is 4.19. The maximum atomic E-state index is 12.5. The number of rotatable bonds is 6.